The molecule has 0 spiro atoms. The first-order chi connectivity index (χ1) is 12.7. The Labute approximate surface area is 157 Å². The number of benzene rings is 2. The summed E-state index contributed by atoms with van der Waals surface area (Å²) in [5.74, 6) is 0.254. The van der Waals surface area contributed by atoms with Crippen molar-refractivity contribution in [3.05, 3.63) is 83.1 Å². The van der Waals surface area contributed by atoms with E-state index in [-0.39, 0.29) is 5.91 Å². The molecule has 6 heteroatoms. The summed E-state index contributed by atoms with van der Waals surface area (Å²) in [5.41, 5.74) is 2.53. The third-order valence-corrected chi connectivity index (χ3v) is 4.04. The molecule has 0 atom stereocenters. The number of nitrogens with zero attached hydrogens (tertiary/aromatic N) is 2. The Morgan fingerprint density at radius 1 is 0.962 bits per heavy atom. The summed E-state index contributed by atoms with van der Waals surface area (Å²) in [6.07, 6.45) is 4.84. The van der Waals surface area contributed by atoms with Gasteiger partial charge in [-0.25, -0.2) is 9.97 Å². The first kappa shape index (κ1) is 17.9. The van der Waals surface area contributed by atoms with Gasteiger partial charge in [0.05, 0.1) is 5.56 Å². The average Bonchev–Trinajstić information content (AvgIpc) is 2.68. The molecule has 0 aliphatic carbocycles. The Morgan fingerprint density at radius 2 is 1.65 bits per heavy atom. The highest BCUT2D eigenvalue weighted by molar-refractivity contribution is 6.30. The van der Waals surface area contributed by atoms with Crippen LogP contribution in [0.2, 0.25) is 5.02 Å². The van der Waals surface area contributed by atoms with Gasteiger partial charge in [0, 0.05) is 29.6 Å². The van der Waals surface area contributed by atoms with Gasteiger partial charge in [-0.3, -0.25) is 4.79 Å². The van der Waals surface area contributed by atoms with Crippen molar-refractivity contribution in [2.75, 3.05) is 11.9 Å². The van der Waals surface area contributed by atoms with Crippen molar-refractivity contribution in [1.82, 2.24) is 15.3 Å². The zero-order valence-corrected chi connectivity index (χ0v) is 14.9. The third-order valence-electron chi connectivity index (χ3n) is 3.79. The highest BCUT2D eigenvalue weighted by Crippen LogP contribution is 2.16. The van der Waals surface area contributed by atoms with Crippen molar-refractivity contribution in [1.29, 1.82) is 0 Å². The molecule has 0 aliphatic rings. The molecule has 0 saturated heterocycles. The quantitative estimate of drug-likeness (QED) is 0.614. The third kappa shape index (κ3) is 5.29. The number of halogens is 1. The normalized spacial score (nSPS) is 10.3. The topological polar surface area (TPSA) is 66.9 Å². The molecule has 0 bridgehead atoms. The number of nitrogens with one attached hydrogen (secondary N) is 2. The molecule has 1 heterocycles. The maximum absolute atomic E-state index is 12.1. The Balaban J connectivity index is 1.46. The van der Waals surface area contributed by atoms with Crippen LogP contribution in [0.3, 0.4) is 0 Å². The molecular formula is C20H19ClN4O. The highest BCUT2D eigenvalue weighted by Gasteiger charge is 2.07. The molecule has 0 aliphatic heterocycles. The Hall–Kier alpha value is -2.92. The van der Waals surface area contributed by atoms with Gasteiger partial charge < -0.3 is 10.6 Å². The van der Waals surface area contributed by atoms with E-state index in [1.54, 1.807) is 12.1 Å². The number of carbonyl (C=O) groups is 1. The van der Waals surface area contributed by atoms with Gasteiger partial charge in [0.2, 0.25) is 5.95 Å². The fourth-order valence-electron chi connectivity index (χ4n) is 2.41. The van der Waals surface area contributed by atoms with E-state index in [2.05, 4.69) is 32.7 Å². The number of amides is 1. The number of rotatable bonds is 7. The first-order valence-corrected chi connectivity index (χ1v) is 8.75. The van der Waals surface area contributed by atoms with Gasteiger partial charge >= 0.3 is 0 Å². The van der Waals surface area contributed by atoms with Crippen LogP contribution in [0.1, 0.15) is 22.3 Å². The Bertz CT molecular complexity index is 836. The van der Waals surface area contributed by atoms with Gasteiger partial charge in [0.1, 0.15) is 0 Å². The number of aryl methyl sites for hydroxylation is 1. The van der Waals surface area contributed by atoms with Gasteiger partial charge in [-0.1, -0.05) is 41.9 Å². The second-order valence-electron chi connectivity index (χ2n) is 5.77. The van der Waals surface area contributed by atoms with E-state index < -0.39 is 0 Å². The molecule has 2 N–H and O–H groups in total. The molecule has 5 nitrogen and oxygen atoms in total. The fourth-order valence-corrected chi connectivity index (χ4v) is 2.54. The fraction of sp³-hybridized carbons (Fsp3) is 0.150. The van der Waals surface area contributed by atoms with Crippen LogP contribution in [0.5, 0.6) is 0 Å². The molecule has 3 rings (SSSR count). The monoisotopic (exact) mass is 366 g/mol. The van der Waals surface area contributed by atoms with Crippen molar-refractivity contribution < 1.29 is 4.79 Å². The summed E-state index contributed by atoms with van der Waals surface area (Å²) in [5, 5.41) is 6.61. The Kier molecular flexibility index (Phi) is 6.17. The molecular weight excluding hydrogens is 348 g/mol. The summed E-state index contributed by atoms with van der Waals surface area (Å²) in [6, 6.07) is 17.4. The molecule has 2 aromatic carbocycles. The van der Waals surface area contributed by atoms with E-state index in [1.807, 2.05) is 30.3 Å². The minimum atomic E-state index is -0.170. The first-order valence-electron chi connectivity index (χ1n) is 8.37. The molecule has 132 valence electrons. The van der Waals surface area contributed by atoms with Crippen molar-refractivity contribution in [3.8, 4) is 0 Å². The standard InChI is InChI=1S/C20H19ClN4O/c21-17-8-10-18(11-9-17)25-20-23-13-16(14-24-20)19(26)22-12-4-7-15-5-2-1-3-6-15/h1-3,5-6,8-11,13-14H,4,7,12H2,(H,22,26)(H,23,24,25). The number of hydrogen-bond donors (Lipinski definition) is 2. The Morgan fingerprint density at radius 3 is 2.35 bits per heavy atom. The number of carbonyl (C=O) groups excluding carboxylic acids is 1. The molecule has 1 amide bonds. The van der Waals surface area contributed by atoms with Crippen LogP contribution in [-0.4, -0.2) is 22.4 Å². The summed E-state index contributed by atoms with van der Waals surface area (Å²) in [7, 11) is 0. The van der Waals surface area contributed by atoms with Gasteiger partial charge in [0.25, 0.3) is 5.91 Å². The van der Waals surface area contributed by atoms with E-state index in [9.17, 15) is 4.79 Å². The van der Waals surface area contributed by atoms with Gasteiger partial charge in [-0.05, 0) is 42.7 Å². The van der Waals surface area contributed by atoms with Crippen LogP contribution < -0.4 is 10.6 Å². The largest absolute Gasteiger partial charge is 0.352 e. The van der Waals surface area contributed by atoms with E-state index in [0.29, 0.717) is 23.1 Å². The summed E-state index contributed by atoms with van der Waals surface area (Å²) >= 11 is 5.85. The lowest BCUT2D eigenvalue weighted by Gasteiger charge is -2.07. The van der Waals surface area contributed by atoms with Crippen LogP contribution in [0.4, 0.5) is 11.6 Å². The SMILES string of the molecule is O=C(NCCCc1ccccc1)c1cnc(Nc2ccc(Cl)cc2)nc1. The van der Waals surface area contributed by atoms with Crippen LogP contribution >= 0.6 is 11.6 Å². The maximum Gasteiger partial charge on any atom is 0.254 e. The van der Waals surface area contributed by atoms with Crippen molar-refractivity contribution in [3.63, 3.8) is 0 Å². The number of aromatic nitrogens is 2. The van der Waals surface area contributed by atoms with E-state index in [1.165, 1.54) is 18.0 Å². The molecule has 0 fully saturated rings. The molecule has 0 unspecified atom stereocenters. The van der Waals surface area contributed by atoms with Crippen molar-refractivity contribution in [2.24, 2.45) is 0 Å². The second kappa shape index (κ2) is 8.97. The van der Waals surface area contributed by atoms with E-state index >= 15 is 0 Å². The molecule has 0 radical (unpaired) electrons. The zero-order chi connectivity index (χ0) is 18.2. The zero-order valence-electron chi connectivity index (χ0n) is 14.2. The van der Waals surface area contributed by atoms with Gasteiger partial charge in [0.15, 0.2) is 0 Å². The molecule has 26 heavy (non-hydrogen) atoms. The van der Waals surface area contributed by atoms with Crippen molar-refractivity contribution in [2.45, 2.75) is 12.8 Å². The van der Waals surface area contributed by atoms with Crippen LogP contribution in [0.25, 0.3) is 0 Å². The maximum atomic E-state index is 12.1. The second-order valence-corrected chi connectivity index (χ2v) is 6.21. The minimum absolute atomic E-state index is 0.170. The molecule has 0 saturated carbocycles. The predicted molar refractivity (Wildman–Crippen MR) is 104 cm³/mol. The van der Waals surface area contributed by atoms with Gasteiger partial charge in [-0.15, -0.1) is 0 Å². The summed E-state index contributed by atoms with van der Waals surface area (Å²) < 4.78 is 0. The van der Waals surface area contributed by atoms with Crippen LogP contribution in [0, 0.1) is 0 Å². The van der Waals surface area contributed by atoms with E-state index in [0.717, 1.165) is 18.5 Å². The van der Waals surface area contributed by atoms with Crippen LogP contribution in [0.15, 0.2) is 67.0 Å². The lowest BCUT2D eigenvalue weighted by Crippen LogP contribution is -2.25. The van der Waals surface area contributed by atoms with Crippen molar-refractivity contribution >= 4 is 29.1 Å². The summed E-state index contributed by atoms with van der Waals surface area (Å²) in [4.78, 5) is 20.5. The predicted octanol–water partition coefficient (Wildman–Crippen LogP) is 4.24. The number of hydrogen-bond acceptors (Lipinski definition) is 4. The number of anilines is 2. The smallest absolute Gasteiger partial charge is 0.254 e. The molecule has 3 aromatic rings. The average molecular weight is 367 g/mol. The van der Waals surface area contributed by atoms with Crippen LogP contribution in [-0.2, 0) is 6.42 Å². The minimum Gasteiger partial charge on any atom is -0.352 e. The lowest BCUT2D eigenvalue weighted by molar-refractivity contribution is 0.0952. The lowest BCUT2D eigenvalue weighted by atomic mass is 10.1. The molecule has 1 aromatic heterocycles. The van der Waals surface area contributed by atoms with E-state index in [4.69, 9.17) is 11.6 Å². The van der Waals surface area contributed by atoms with Gasteiger partial charge in [-0.2, -0.15) is 0 Å². The summed E-state index contributed by atoms with van der Waals surface area (Å²) in [6.45, 7) is 0.610. The highest BCUT2D eigenvalue weighted by atomic mass is 35.5.